The maximum Gasteiger partial charge on any atom is 0.407 e. The van der Waals surface area contributed by atoms with Gasteiger partial charge in [0.2, 0.25) is 5.91 Å². The van der Waals surface area contributed by atoms with E-state index in [9.17, 15) is 26.4 Å². The highest BCUT2D eigenvalue weighted by Crippen LogP contribution is 2.36. The molecule has 30 heavy (non-hydrogen) atoms. The fraction of sp³-hybridized carbons (Fsp3) is 0.611. The summed E-state index contributed by atoms with van der Waals surface area (Å²) >= 11 is 5.64. The molecule has 0 spiro atoms. The smallest absolute Gasteiger partial charge is 0.336 e. The number of hydrogen-bond acceptors (Lipinski definition) is 6. The van der Waals surface area contributed by atoms with E-state index in [2.05, 4.69) is 15.6 Å². The first kappa shape index (κ1) is 22.8. The molecule has 2 aliphatic rings. The van der Waals surface area contributed by atoms with Crippen LogP contribution in [0.25, 0.3) is 0 Å². The minimum absolute atomic E-state index is 0.00864. The second-order valence-electron chi connectivity index (χ2n) is 7.81. The van der Waals surface area contributed by atoms with E-state index >= 15 is 0 Å². The Morgan fingerprint density at radius 1 is 1.37 bits per heavy atom. The van der Waals surface area contributed by atoms with Crippen LogP contribution in [-0.4, -0.2) is 48.6 Å². The third kappa shape index (κ3) is 6.06. The molecule has 1 heterocycles. The fourth-order valence-corrected chi connectivity index (χ4v) is 5.07. The number of sulfone groups is 1. The van der Waals surface area contributed by atoms with Gasteiger partial charge in [0, 0.05) is 6.20 Å². The van der Waals surface area contributed by atoms with E-state index in [0.29, 0.717) is 12.8 Å². The van der Waals surface area contributed by atoms with Crippen molar-refractivity contribution in [1.29, 1.82) is 5.26 Å². The van der Waals surface area contributed by atoms with Crippen LogP contribution in [0, 0.1) is 17.2 Å². The van der Waals surface area contributed by atoms with Crippen molar-refractivity contribution in [3.8, 4) is 6.07 Å². The lowest BCUT2D eigenvalue weighted by molar-refractivity contribution is -0.160. The molecule has 3 rings (SSSR count). The van der Waals surface area contributed by atoms with E-state index in [4.69, 9.17) is 16.9 Å². The number of pyridine rings is 1. The molecule has 2 saturated carbocycles. The van der Waals surface area contributed by atoms with Crippen LogP contribution in [0.3, 0.4) is 0 Å². The van der Waals surface area contributed by atoms with Gasteiger partial charge in [0.15, 0.2) is 9.84 Å². The Labute approximate surface area is 176 Å². The molecule has 0 bridgehead atoms. The van der Waals surface area contributed by atoms with Gasteiger partial charge >= 0.3 is 6.18 Å². The van der Waals surface area contributed by atoms with Gasteiger partial charge in [-0.25, -0.2) is 13.4 Å². The van der Waals surface area contributed by atoms with E-state index in [1.807, 2.05) is 6.07 Å². The van der Waals surface area contributed by atoms with Gasteiger partial charge in [-0.1, -0.05) is 17.7 Å². The average molecular weight is 465 g/mol. The molecule has 2 aliphatic carbocycles. The summed E-state index contributed by atoms with van der Waals surface area (Å²) in [5.74, 6) is -1.96. The first-order chi connectivity index (χ1) is 13.9. The SMILES string of the molecule is N#CC1(NC(=O)[C@H](CS(=O)(=O)CC2CC2)NC(c2ccc(Cl)nc2)C(F)(F)F)CC1. The number of halogens is 4. The number of rotatable bonds is 9. The van der Waals surface area contributed by atoms with E-state index in [1.54, 1.807) is 0 Å². The Kier molecular flexibility index (Phi) is 6.32. The van der Waals surface area contributed by atoms with Gasteiger partial charge in [0.1, 0.15) is 22.8 Å². The normalized spacial score (nSPS) is 20.1. The first-order valence-corrected chi connectivity index (χ1v) is 11.5. The topological polar surface area (TPSA) is 112 Å². The molecule has 0 aromatic carbocycles. The fourth-order valence-electron chi connectivity index (χ4n) is 3.02. The maximum absolute atomic E-state index is 13.7. The van der Waals surface area contributed by atoms with Crippen LogP contribution in [0.4, 0.5) is 13.2 Å². The molecule has 7 nitrogen and oxygen atoms in total. The molecule has 0 radical (unpaired) electrons. The van der Waals surface area contributed by atoms with Gasteiger partial charge in [0.05, 0.1) is 17.6 Å². The van der Waals surface area contributed by atoms with Gasteiger partial charge in [-0.2, -0.15) is 18.4 Å². The number of aromatic nitrogens is 1. The summed E-state index contributed by atoms with van der Waals surface area (Å²) in [5.41, 5.74) is -1.46. The van der Waals surface area contributed by atoms with E-state index in [-0.39, 0.29) is 22.4 Å². The Balaban J connectivity index is 1.85. The lowest BCUT2D eigenvalue weighted by atomic mass is 10.1. The van der Waals surface area contributed by atoms with Crippen LogP contribution >= 0.6 is 11.6 Å². The molecular weight excluding hydrogens is 445 g/mol. The van der Waals surface area contributed by atoms with Crippen molar-refractivity contribution >= 4 is 27.3 Å². The van der Waals surface area contributed by atoms with Gasteiger partial charge in [-0.3, -0.25) is 10.1 Å². The first-order valence-electron chi connectivity index (χ1n) is 9.31. The third-order valence-corrected chi connectivity index (χ3v) is 7.07. The van der Waals surface area contributed by atoms with Gasteiger partial charge in [0.25, 0.3) is 0 Å². The molecule has 164 valence electrons. The monoisotopic (exact) mass is 464 g/mol. The van der Waals surface area contributed by atoms with Crippen molar-refractivity contribution in [2.45, 2.75) is 49.5 Å². The van der Waals surface area contributed by atoms with E-state index in [0.717, 1.165) is 25.1 Å². The number of nitrogens with one attached hydrogen (secondary N) is 2. The number of nitriles is 1. The maximum atomic E-state index is 13.7. The van der Waals surface area contributed by atoms with Crippen LogP contribution in [0.2, 0.25) is 5.15 Å². The molecule has 1 aromatic rings. The van der Waals surface area contributed by atoms with Gasteiger partial charge in [-0.15, -0.1) is 0 Å². The van der Waals surface area contributed by atoms with Crippen molar-refractivity contribution in [3.63, 3.8) is 0 Å². The predicted molar refractivity (Wildman–Crippen MR) is 102 cm³/mol. The zero-order valence-electron chi connectivity index (χ0n) is 15.7. The summed E-state index contributed by atoms with van der Waals surface area (Å²) in [6.07, 6.45) is -1.72. The number of amides is 1. The van der Waals surface area contributed by atoms with E-state index in [1.165, 1.54) is 6.07 Å². The van der Waals surface area contributed by atoms with Crippen LogP contribution in [0.1, 0.15) is 37.3 Å². The number of carbonyl (C=O) groups excluding carboxylic acids is 1. The minimum Gasteiger partial charge on any atom is -0.336 e. The highest BCUT2D eigenvalue weighted by molar-refractivity contribution is 7.91. The molecule has 1 aromatic heterocycles. The van der Waals surface area contributed by atoms with Crippen molar-refractivity contribution < 1.29 is 26.4 Å². The second kappa shape index (κ2) is 8.32. The predicted octanol–water partition coefficient (Wildman–Crippen LogP) is 2.29. The standard InChI is InChI=1S/C18H20ClF3N4O3S/c19-14-4-3-12(7-24-14)15(18(20,21)22)25-13(9-30(28,29)8-11-1-2-11)16(27)26-17(10-23)5-6-17/h3-4,7,11,13,15,25H,1-2,5-6,8-9H2,(H,26,27)/t13-,15?/m0/s1. The van der Waals surface area contributed by atoms with Crippen molar-refractivity contribution in [3.05, 3.63) is 29.0 Å². The molecule has 0 saturated heterocycles. The van der Waals surface area contributed by atoms with Crippen LogP contribution in [0.15, 0.2) is 18.3 Å². The molecule has 1 unspecified atom stereocenters. The highest BCUT2D eigenvalue weighted by Gasteiger charge is 2.48. The van der Waals surface area contributed by atoms with Crippen LogP contribution < -0.4 is 10.6 Å². The molecule has 2 N–H and O–H groups in total. The summed E-state index contributed by atoms with van der Waals surface area (Å²) < 4.78 is 66.2. The van der Waals surface area contributed by atoms with Gasteiger partial charge < -0.3 is 5.32 Å². The highest BCUT2D eigenvalue weighted by atomic mass is 35.5. The molecule has 0 aliphatic heterocycles. The molecular formula is C18H20ClF3N4O3S. The molecule has 1 amide bonds. The van der Waals surface area contributed by atoms with Gasteiger partial charge in [-0.05, 0) is 43.2 Å². The zero-order valence-corrected chi connectivity index (χ0v) is 17.3. The number of alkyl halides is 3. The molecule has 12 heteroatoms. The third-order valence-electron chi connectivity index (χ3n) is 5.03. The summed E-state index contributed by atoms with van der Waals surface area (Å²) in [5, 5.41) is 13.7. The lowest BCUT2D eigenvalue weighted by Crippen LogP contribution is -2.54. The minimum atomic E-state index is -4.83. The summed E-state index contributed by atoms with van der Waals surface area (Å²) in [6, 6.07) is 0.149. The van der Waals surface area contributed by atoms with Crippen LogP contribution in [-0.2, 0) is 14.6 Å². The van der Waals surface area contributed by atoms with Crippen molar-refractivity contribution in [2.75, 3.05) is 11.5 Å². The van der Waals surface area contributed by atoms with Crippen molar-refractivity contribution in [2.24, 2.45) is 5.92 Å². The molecule has 2 atom stereocenters. The quantitative estimate of drug-likeness (QED) is 0.542. The summed E-state index contributed by atoms with van der Waals surface area (Å²) in [7, 11) is -3.79. The largest absolute Gasteiger partial charge is 0.407 e. The van der Waals surface area contributed by atoms with E-state index < -0.39 is 45.3 Å². The summed E-state index contributed by atoms with van der Waals surface area (Å²) in [4.78, 5) is 16.3. The zero-order chi connectivity index (χ0) is 22.2. The Morgan fingerprint density at radius 3 is 2.50 bits per heavy atom. The molecule has 2 fully saturated rings. The number of carbonyl (C=O) groups is 1. The Bertz CT molecular complexity index is 939. The Morgan fingerprint density at radius 2 is 2.03 bits per heavy atom. The lowest BCUT2D eigenvalue weighted by Gasteiger charge is -2.27. The average Bonchev–Trinajstić information content (AvgIpc) is 3.56. The van der Waals surface area contributed by atoms with Crippen molar-refractivity contribution in [1.82, 2.24) is 15.6 Å². The second-order valence-corrected chi connectivity index (χ2v) is 10.4. The summed E-state index contributed by atoms with van der Waals surface area (Å²) in [6.45, 7) is 0. The number of hydrogen-bond donors (Lipinski definition) is 2. The van der Waals surface area contributed by atoms with Crippen LogP contribution in [0.5, 0.6) is 0 Å². The number of nitrogens with zero attached hydrogens (tertiary/aromatic N) is 2. The Hall–Kier alpha value is -1.90.